The van der Waals surface area contributed by atoms with Gasteiger partial charge < -0.3 is 10.6 Å². The molecule has 0 fully saturated rings. The summed E-state index contributed by atoms with van der Waals surface area (Å²) in [5.74, 6) is 0. The molecule has 2 aromatic rings. The van der Waals surface area contributed by atoms with Crippen LogP contribution in [0.4, 0.5) is 5.69 Å². The van der Waals surface area contributed by atoms with Crippen LogP contribution in [-0.4, -0.2) is 29.9 Å². The Bertz CT molecular complexity index is 786. The fourth-order valence-electron chi connectivity index (χ4n) is 2.83. The molecule has 0 bridgehead atoms. The van der Waals surface area contributed by atoms with Crippen LogP contribution in [0.25, 0.3) is 0 Å². The Morgan fingerprint density at radius 1 is 1.21 bits per heavy atom. The third kappa shape index (κ3) is 3.23. The second kappa shape index (κ2) is 6.79. The zero-order valence-electron chi connectivity index (χ0n) is 13.6. The summed E-state index contributed by atoms with van der Waals surface area (Å²) in [7, 11) is 4.04. The third-order valence-electron chi connectivity index (χ3n) is 4.12. The highest BCUT2D eigenvalue weighted by Crippen LogP contribution is 2.34. The molecule has 0 aliphatic carbocycles. The monoisotopic (exact) mass is 358 g/mol. The van der Waals surface area contributed by atoms with Gasteiger partial charge in [0.1, 0.15) is 0 Å². The lowest BCUT2D eigenvalue weighted by atomic mass is 9.98. The van der Waals surface area contributed by atoms with Crippen LogP contribution in [-0.2, 0) is 0 Å². The molecule has 4 nitrogen and oxygen atoms in total. The van der Waals surface area contributed by atoms with Gasteiger partial charge in [-0.1, -0.05) is 41.9 Å². The van der Waals surface area contributed by atoms with Gasteiger partial charge in [0.15, 0.2) is 5.11 Å². The zero-order valence-corrected chi connectivity index (χ0v) is 15.2. The Hall–Kier alpha value is -2.11. The van der Waals surface area contributed by atoms with Crippen molar-refractivity contribution in [3.05, 3.63) is 64.7 Å². The Labute approximate surface area is 152 Å². The number of thiocarbonyl (C=S) groups is 1. The van der Waals surface area contributed by atoms with E-state index in [9.17, 15) is 0 Å². The summed E-state index contributed by atoms with van der Waals surface area (Å²) in [6.45, 7) is 0. The fraction of sp³-hybridized carbons (Fsp3) is 0.222. The number of nitrogens with zero attached hydrogens (tertiary/aromatic N) is 3. The number of hydrazone groups is 1. The maximum atomic E-state index is 6.31. The summed E-state index contributed by atoms with van der Waals surface area (Å²) >= 11 is 11.5. The SMILES string of the molecule is CN(C)c1ccc(C2CC(c3ccccc3Cl)=NN2C(N)=S)cc1. The van der Waals surface area contributed by atoms with Gasteiger partial charge in [-0.25, -0.2) is 5.01 Å². The van der Waals surface area contributed by atoms with Crippen LogP contribution >= 0.6 is 23.8 Å². The Kier molecular flexibility index (Phi) is 4.73. The highest BCUT2D eigenvalue weighted by atomic mass is 35.5. The molecule has 124 valence electrons. The van der Waals surface area contributed by atoms with Crippen molar-refractivity contribution in [1.82, 2.24) is 5.01 Å². The number of nitrogens with two attached hydrogens (primary N) is 1. The molecule has 1 atom stereocenters. The van der Waals surface area contributed by atoms with Crippen LogP contribution in [0.5, 0.6) is 0 Å². The zero-order chi connectivity index (χ0) is 17.3. The van der Waals surface area contributed by atoms with Crippen LogP contribution < -0.4 is 10.6 Å². The fourth-order valence-corrected chi connectivity index (χ4v) is 3.24. The van der Waals surface area contributed by atoms with E-state index in [1.807, 2.05) is 38.4 Å². The molecule has 0 spiro atoms. The average Bonchev–Trinajstić information content (AvgIpc) is 3.00. The highest BCUT2D eigenvalue weighted by molar-refractivity contribution is 7.80. The van der Waals surface area contributed by atoms with Crippen molar-refractivity contribution in [1.29, 1.82) is 0 Å². The number of anilines is 1. The van der Waals surface area contributed by atoms with Gasteiger partial charge in [0.2, 0.25) is 0 Å². The molecule has 2 aromatic carbocycles. The molecular formula is C18H19ClN4S. The predicted molar refractivity (Wildman–Crippen MR) is 105 cm³/mol. The molecule has 0 amide bonds. The molecule has 6 heteroatoms. The lowest BCUT2D eigenvalue weighted by Gasteiger charge is -2.22. The summed E-state index contributed by atoms with van der Waals surface area (Å²) in [5.41, 5.74) is 9.98. The Balaban J connectivity index is 1.92. The van der Waals surface area contributed by atoms with E-state index in [4.69, 9.17) is 29.6 Å². The summed E-state index contributed by atoms with van der Waals surface area (Å²) in [4.78, 5) is 2.06. The van der Waals surface area contributed by atoms with E-state index in [1.165, 1.54) is 0 Å². The minimum absolute atomic E-state index is 0.00927. The van der Waals surface area contributed by atoms with E-state index in [0.717, 1.165) is 22.5 Å². The molecule has 1 aliphatic rings. The van der Waals surface area contributed by atoms with Crippen molar-refractivity contribution in [3.63, 3.8) is 0 Å². The van der Waals surface area contributed by atoms with Gasteiger partial charge in [-0.05, 0) is 36.0 Å². The Morgan fingerprint density at radius 3 is 2.46 bits per heavy atom. The molecule has 0 aromatic heterocycles. The average molecular weight is 359 g/mol. The van der Waals surface area contributed by atoms with Gasteiger partial charge in [0.05, 0.1) is 11.8 Å². The van der Waals surface area contributed by atoms with Crippen LogP contribution in [0.2, 0.25) is 5.02 Å². The lowest BCUT2D eigenvalue weighted by molar-refractivity contribution is 0.373. The number of hydrogen-bond acceptors (Lipinski definition) is 3. The van der Waals surface area contributed by atoms with Crippen molar-refractivity contribution >= 4 is 40.3 Å². The van der Waals surface area contributed by atoms with E-state index in [2.05, 4.69) is 34.3 Å². The lowest BCUT2D eigenvalue weighted by Crippen LogP contribution is -2.31. The molecule has 3 rings (SSSR count). The first-order chi connectivity index (χ1) is 11.5. The van der Waals surface area contributed by atoms with Crippen LogP contribution in [0.3, 0.4) is 0 Å². The number of halogens is 1. The van der Waals surface area contributed by atoms with Gasteiger partial charge >= 0.3 is 0 Å². The largest absolute Gasteiger partial charge is 0.378 e. The molecule has 2 N–H and O–H groups in total. The standard InChI is InChI=1S/C18H19ClN4S/c1-22(2)13-9-7-12(8-10-13)17-11-16(21-23(17)18(20)24)14-5-3-4-6-15(14)19/h3-10,17H,11H2,1-2H3,(H2,20,24). The molecule has 1 heterocycles. The van der Waals surface area contributed by atoms with Crippen LogP contribution in [0.1, 0.15) is 23.6 Å². The highest BCUT2D eigenvalue weighted by Gasteiger charge is 2.31. The van der Waals surface area contributed by atoms with Crippen LogP contribution in [0, 0.1) is 0 Å². The summed E-state index contributed by atoms with van der Waals surface area (Å²) < 4.78 is 0. The quantitative estimate of drug-likeness (QED) is 0.847. The number of rotatable bonds is 3. The summed E-state index contributed by atoms with van der Waals surface area (Å²) in [6.07, 6.45) is 0.711. The molecule has 0 saturated heterocycles. The predicted octanol–water partition coefficient (Wildman–Crippen LogP) is 3.80. The molecule has 0 saturated carbocycles. The van der Waals surface area contributed by atoms with Gasteiger partial charge in [-0.3, -0.25) is 0 Å². The number of hydrogen-bond donors (Lipinski definition) is 1. The molecule has 1 aliphatic heterocycles. The first-order valence-electron chi connectivity index (χ1n) is 7.65. The van der Waals surface area contributed by atoms with E-state index in [-0.39, 0.29) is 11.2 Å². The maximum absolute atomic E-state index is 6.31. The van der Waals surface area contributed by atoms with Crippen molar-refractivity contribution in [2.75, 3.05) is 19.0 Å². The van der Waals surface area contributed by atoms with Gasteiger partial charge in [-0.2, -0.15) is 5.10 Å². The third-order valence-corrected chi connectivity index (χ3v) is 4.63. The molecule has 0 radical (unpaired) electrons. The Morgan fingerprint density at radius 2 is 1.88 bits per heavy atom. The smallest absolute Gasteiger partial charge is 0.187 e. The summed E-state index contributed by atoms with van der Waals surface area (Å²) in [5, 5.41) is 7.28. The van der Waals surface area contributed by atoms with E-state index < -0.39 is 0 Å². The molecule has 24 heavy (non-hydrogen) atoms. The van der Waals surface area contributed by atoms with Gasteiger partial charge in [0, 0.05) is 36.8 Å². The van der Waals surface area contributed by atoms with Crippen molar-refractivity contribution in [3.8, 4) is 0 Å². The maximum Gasteiger partial charge on any atom is 0.187 e. The second-order valence-electron chi connectivity index (χ2n) is 5.92. The van der Waals surface area contributed by atoms with Crippen molar-refractivity contribution in [2.24, 2.45) is 10.8 Å². The normalized spacial score (nSPS) is 16.9. The summed E-state index contributed by atoms with van der Waals surface area (Å²) in [6, 6.07) is 16.0. The first-order valence-corrected chi connectivity index (χ1v) is 8.44. The van der Waals surface area contributed by atoms with Crippen molar-refractivity contribution in [2.45, 2.75) is 12.5 Å². The van der Waals surface area contributed by atoms with Crippen molar-refractivity contribution < 1.29 is 0 Å². The van der Waals surface area contributed by atoms with E-state index in [1.54, 1.807) is 5.01 Å². The van der Waals surface area contributed by atoms with Gasteiger partial charge in [0.25, 0.3) is 0 Å². The number of benzene rings is 2. The van der Waals surface area contributed by atoms with Gasteiger partial charge in [-0.15, -0.1) is 0 Å². The van der Waals surface area contributed by atoms with E-state index >= 15 is 0 Å². The second-order valence-corrected chi connectivity index (χ2v) is 6.74. The van der Waals surface area contributed by atoms with Crippen LogP contribution in [0.15, 0.2) is 53.6 Å². The first kappa shape index (κ1) is 16.7. The van der Waals surface area contributed by atoms with E-state index in [0.29, 0.717) is 11.4 Å². The topological polar surface area (TPSA) is 44.9 Å². The molecular weight excluding hydrogens is 340 g/mol. The molecule has 1 unspecified atom stereocenters. The minimum Gasteiger partial charge on any atom is -0.378 e. The minimum atomic E-state index is -0.00927.